The van der Waals surface area contributed by atoms with Gasteiger partial charge in [-0.25, -0.2) is 0 Å². The summed E-state index contributed by atoms with van der Waals surface area (Å²) in [6.07, 6.45) is 3.07. The lowest BCUT2D eigenvalue weighted by atomic mass is 10.0. The monoisotopic (exact) mass is 254 g/mol. The lowest BCUT2D eigenvalue weighted by molar-refractivity contribution is 0.0603. The molecule has 1 aromatic rings. The molecule has 0 bridgehead atoms. The van der Waals surface area contributed by atoms with Gasteiger partial charge in [0.05, 0.1) is 17.8 Å². The maximum atomic E-state index is 5.67. The largest absolute Gasteiger partial charge is 0.380 e. The van der Waals surface area contributed by atoms with Crippen molar-refractivity contribution in [2.45, 2.75) is 58.7 Å². The molecule has 0 radical (unpaired) electrons. The van der Waals surface area contributed by atoms with E-state index in [0.29, 0.717) is 0 Å². The molecule has 0 saturated heterocycles. The van der Waals surface area contributed by atoms with Gasteiger partial charge in [0.1, 0.15) is 0 Å². The van der Waals surface area contributed by atoms with Gasteiger partial charge in [0.25, 0.3) is 0 Å². The fraction of sp³-hybridized carbons (Fsp3) is 0.769. The highest BCUT2D eigenvalue weighted by Gasteiger charge is 2.21. The van der Waals surface area contributed by atoms with Crippen molar-refractivity contribution in [3.8, 4) is 0 Å². The van der Waals surface area contributed by atoms with E-state index in [2.05, 4.69) is 30.4 Å². The van der Waals surface area contributed by atoms with Gasteiger partial charge in [0.15, 0.2) is 0 Å². The summed E-state index contributed by atoms with van der Waals surface area (Å²) >= 11 is 0. The quantitative estimate of drug-likeness (QED) is 0.543. The highest BCUT2D eigenvalue weighted by molar-refractivity contribution is 5.11. The Kier molecular flexibility index (Phi) is 6.32. The number of hydrazine groups is 1. The van der Waals surface area contributed by atoms with Gasteiger partial charge in [-0.3, -0.25) is 16.0 Å². The Hall–Kier alpha value is -0.910. The molecule has 0 aliphatic heterocycles. The Morgan fingerprint density at radius 1 is 1.50 bits per heavy atom. The van der Waals surface area contributed by atoms with Gasteiger partial charge in [-0.2, -0.15) is 5.10 Å². The molecule has 5 heteroatoms. The molecule has 0 aliphatic carbocycles. The lowest BCUT2D eigenvalue weighted by Crippen LogP contribution is -2.46. The standard InChI is InChI=1S/C13H26N4O/c1-5-7-13(18-4)12(15-14)9-11-8-10(3)16-17(11)6-2/h8,12-13,15H,5-7,9,14H2,1-4H3. The second kappa shape index (κ2) is 7.51. The first-order valence-corrected chi connectivity index (χ1v) is 6.68. The number of nitrogens with two attached hydrogens (primary N) is 1. The Morgan fingerprint density at radius 2 is 2.22 bits per heavy atom. The molecule has 2 unspecified atom stereocenters. The van der Waals surface area contributed by atoms with Gasteiger partial charge in [-0.05, 0) is 26.3 Å². The number of nitrogens with zero attached hydrogens (tertiary/aromatic N) is 2. The summed E-state index contributed by atoms with van der Waals surface area (Å²) in [5, 5.41) is 4.45. The SMILES string of the molecule is CCCC(OC)C(Cc1cc(C)nn1CC)NN. The predicted octanol–water partition coefficient (Wildman–Crippen LogP) is 1.40. The molecule has 104 valence electrons. The molecule has 0 saturated carbocycles. The van der Waals surface area contributed by atoms with Gasteiger partial charge in [-0.15, -0.1) is 0 Å². The summed E-state index contributed by atoms with van der Waals surface area (Å²) in [5.74, 6) is 5.67. The topological polar surface area (TPSA) is 65.1 Å². The second-order valence-corrected chi connectivity index (χ2v) is 4.63. The van der Waals surface area contributed by atoms with E-state index in [-0.39, 0.29) is 12.1 Å². The fourth-order valence-electron chi connectivity index (χ4n) is 2.33. The molecule has 0 amide bonds. The van der Waals surface area contributed by atoms with E-state index in [9.17, 15) is 0 Å². The zero-order valence-corrected chi connectivity index (χ0v) is 11.9. The van der Waals surface area contributed by atoms with Crippen LogP contribution in [0.4, 0.5) is 0 Å². The van der Waals surface area contributed by atoms with Crippen LogP contribution in [0.3, 0.4) is 0 Å². The Labute approximate surface area is 110 Å². The maximum absolute atomic E-state index is 5.67. The van der Waals surface area contributed by atoms with Crippen molar-refractivity contribution in [3.63, 3.8) is 0 Å². The van der Waals surface area contributed by atoms with Crippen LogP contribution < -0.4 is 11.3 Å². The molecule has 18 heavy (non-hydrogen) atoms. The lowest BCUT2D eigenvalue weighted by Gasteiger charge is -2.25. The minimum atomic E-state index is 0.122. The zero-order valence-electron chi connectivity index (χ0n) is 11.9. The van der Waals surface area contributed by atoms with Crippen molar-refractivity contribution >= 4 is 0 Å². The average Bonchev–Trinajstić information content (AvgIpc) is 2.73. The highest BCUT2D eigenvalue weighted by Crippen LogP contribution is 2.13. The first-order valence-electron chi connectivity index (χ1n) is 6.68. The van der Waals surface area contributed by atoms with Crippen molar-refractivity contribution in [2.75, 3.05) is 7.11 Å². The second-order valence-electron chi connectivity index (χ2n) is 4.63. The van der Waals surface area contributed by atoms with Gasteiger partial charge in [0.2, 0.25) is 0 Å². The van der Waals surface area contributed by atoms with E-state index in [1.165, 1.54) is 5.69 Å². The van der Waals surface area contributed by atoms with E-state index in [4.69, 9.17) is 10.6 Å². The van der Waals surface area contributed by atoms with Crippen LogP contribution in [0.1, 0.15) is 38.1 Å². The molecule has 0 fully saturated rings. The zero-order chi connectivity index (χ0) is 13.5. The fourth-order valence-corrected chi connectivity index (χ4v) is 2.33. The van der Waals surface area contributed by atoms with Gasteiger partial charge in [-0.1, -0.05) is 13.3 Å². The number of ether oxygens (including phenoxy) is 1. The molecule has 0 aromatic carbocycles. The predicted molar refractivity (Wildman–Crippen MR) is 73.2 cm³/mol. The normalized spacial score (nSPS) is 14.7. The number of aryl methyl sites for hydroxylation is 2. The first-order chi connectivity index (χ1) is 8.65. The van der Waals surface area contributed by atoms with Crippen LogP contribution in [0.2, 0.25) is 0 Å². The van der Waals surface area contributed by atoms with Crippen molar-refractivity contribution in [3.05, 3.63) is 17.5 Å². The minimum Gasteiger partial charge on any atom is -0.380 e. The minimum absolute atomic E-state index is 0.122. The molecule has 2 atom stereocenters. The molecule has 1 rings (SSSR count). The van der Waals surface area contributed by atoms with Crippen LogP contribution in [0.5, 0.6) is 0 Å². The Balaban J connectivity index is 2.77. The third-order valence-electron chi connectivity index (χ3n) is 3.25. The maximum Gasteiger partial charge on any atom is 0.0741 e. The van der Waals surface area contributed by atoms with Crippen LogP contribution in [-0.4, -0.2) is 29.0 Å². The van der Waals surface area contributed by atoms with E-state index in [1.54, 1.807) is 7.11 Å². The molecule has 3 N–H and O–H groups in total. The molecule has 0 spiro atoms. The number of nitrogens with one attached hydrogen (secondary N) is 1. The van der Waals surface area contributed by atoms with E-state index < -0.39 is 0 Å². The van der Waals surface area contributed by atoms with Gasteiger partial charge in [0, 0.05) is 25.8 Å². The van der Waals surface area contributed by atoms with Crippen LogP contribution in [0.15, 0.2) is 6.07 Å². The molecule has 0 aliphatic rings. The molecule has 5 nitrogen and oxygen atoms in total. The van der Waals surface area contributed by atoms with Crippen LogP contribution >= 0.6 is 0 Å². The van der Waals surface area contributed by atoms with Crippen LogP contribution in [0, 0.1) is 6.92 Å². The first kappa shape index (κ1) is 15.1. The summed E-state index contributed by atoms with van der Waals surface area (Å²) in [4.78, 5) is 0. The number of methoxy groups -OCH3 is 1. The highest BCUT2D eigenvalue weighted by atomic mass is 16.5. The van der Waals surface area contributed by atoms with Gasteiger partial charge < -0.3 is 4.74 Å². The number of hydrogen-bond acceptors (Lipinski definition) is 4. The average molecular weight is 254 g/mol. The molecule has 1 aromatic heterocycles. The summed E-state index contributed by atoms with van der Waals surface area (Å²) in [5.41, 5.74) is 5.13. The van der Waals surface area contributed by atoms with Gasteiger partial charge >= 0.3 is 0 Å². The summed E-state index contributed by atoms with van der Waals surface area (Å²) < 4.78 is 7.55. The molecular weight excluding hydrogens is 228 g/mol. The molecule has 1 heterocycles. The number of hydrogen-bond donors (Lipinski definition) is 2. The number of rotatable bonds is 8. The van der Waals surface area contributed by atoms with Crippen molar-refractivity contribution in [2.24, 2.45) is 5.84 Å². The van der Waals surface area contributed by atoms with E-state index in [0.717, 1.165) is 31.5 Å². The third kappa shape index (κ3) is 3.80. The summed E-state index contributed by atoms with van der Waals surface area (Å²) in [6.45, 7) is 7.15. The number of aromatic nitrogens is 2. The van der Waals surface area contributed by atoms with E-state index >= 15 is 0 Å². The molecular formula is C13H26N4O. The van der Waals surface area contributed by atoms with Crippen LogP contribution in [-0.2, 0) is 17.7 Å². The van der Waals surface area contributed by atoms with Crippen molar-refractivity contribution in [1.82, 2.24) is 15.2 Å². The summed E-state index contributed by atoms with van der Waals surface area (Å²) in [6, 6.07) is 2.24. The van der Waals surface area contributed by atoms with E-state index in [1.807, 2.05) is 11.6 Å². The van der Waals surface area contributed by atoms with Crippen molar-refractivity contribution < 1.29 is 4.74 Å². The summed E-state index contributed by atoms with van der Waals surface area (Å²) in [7, 11) is 1.74. The third-order valence-corrected chi connectivity index (χ3v) is 3.25. The Morgan fingerprint density at radius 3 is 2.72 bits per heavy atom. The van der Waals surface area contributed by atoms with Crippen LogP contribution in [0.25, 0.3) is 0 Å². The smallest absolute Gasteiger partial charge is 0.0741 e. The Bertz CT molecular complexity index is 351. The van der Waals surface area contributed by atoms with Crippen molar-refractivity contribution in [1.29, 1.82) is 0 Å².